The number of rotatable bonds is 5. The first-order valence-corrected chi connectivity index (χ1v) is 6.84. The summed E-state index contributed by atoms with van der Waals surface area (Å²) >= 11 is 0. The van der Waals surface area contributed by atoms with Crippen LogP contribution in [0.4, 0.5) is 0 Å². The van der Waals surface area contributed by atoms with E-state index in [0.717, 1.165) is 21.9 Å². The molecule has 0 unspecified atom stereocenters. The molecule has 3 aromatic rings. The van der Waals surface area contributed by atoms with Crippen LogP contribution in [0.1, 0.15) is 25.9 Å². The first kappa shape index (κ1) is 13.1. The highest BCUT2D eigenvalue weighted by Gasteiger charge is 2.18. The molecular weight excluding hydrogens is 254 g/mol. The van der Waals surface area contributed by atoms with Gasteiger partial charge >= 0.3 is 0 Å². The molecule has 2 aromatic heterocycles. The van der Waals surface area contributed by atoms with Gasteiger partial charge in [-0.25, -0.2) is 0 Å². The van der Waals surface area contributed by atoms with Gasteiger partial charge in [0.25, 0.3) is 0 Å². The summed E-state index contributed by atoms with van der Waals surface area (Å²) in [6, 6.07) is 9.86. The van der Waals surface area contributed by atoms with Crippen LogP contribution >= 0.6 is 0 Å². The van der Waals surface area contributed by atoms with Gasteiger partial charge < -0.3 is 13.9 Å². The van der Waals surface area contributed by atoms with E-state index in [1.807, 2.05) is 50.4 Å². The number of furan rings is 1. The topological polar surface area (TPSA) is 44.5 Å². The smallest absolute Gasteiger partial charge is 0.217 e. The van der Waals surface area contributed by atoms with Crippen molar-refractivity contribution in [1.82, 2.24) is 4.98 Å². The van der Waals surface area contributed by atoms with E-state index in [1.165, 1.54) is 0 Å². The Labute approximate surface area is 117 Å². The summed E-state index contributed by atoms with van der Waals surface area (Å²) in [5.74, 6) is 0.682. The molecule has 4 nitrogen and oxygen atoms in total. The molecule has 0 spiro atoms. The van der Waals surface area contributed by atoms with Crippen molar-refractivity contribution in [2.75, 3.05) is 13.2 Å². The molecule has 0 saturated carbocycles. The molecule has 1 aromatic carbocycles. The monoisotopic (exact) mass is 271 g/mol. The number of aromatic nitrogens is 1. The van der Waals surface area contributed by atoms with Gasteiger partial charge in [-0.3, -0.25) is 4.98 Å². The highest BCUT2D eigenvalue weighted by atomic mass is 16.7. The highest BCUT2D eigenvalue weighted by Crippen LogP contribution is 2.30. The molecule has 0 radical (unpaired) electrons. The summed E-state index contributed by atoms with van der Waals surface area (Å²) in [7, 11) is 0. The zero-order chi connectivity index (χ0) is 13.9. The summed E-state index contributed by atoms with van der Waals surface area (Å²) in [4.78, 5) is 4.43. The van der Waals surface area contributed by atoms with E-state index >= 15 is 0 Å². The van der Waals surface area contributed by atoms with E-state index in [4.69, 9.17) is 13.9 Å². The summed E-state index contributed by atoms with van der Waals surface area (Å²) in [5, 5.41) is 1.96. The van der Waals surface area contributed by atoms with Gasteiger partial charge in [-0.1, -0.05) is 12.1 Å². The maximum Gasteiger partial charge on any atom is 0.217 e. The van der Waals surface area contributed by atoms with Crippen LogP contribution in [0.2, 0.25) is 0 Å². The number of nitrogens with zero attached hydrogens (tertiary/aromatic N) is 1. The Morgan fingerprint density at radius 3 is 2.65 bits per heavy atom. The summed E-state index contributed by atoms with van der Waals surface area (Å²) < 4.78 is 17.1. The maximum atomic E-state index is 5.96. The van der Waals surface area contributed by atoms with E-state index in [9.17, 15) is 0 Å². The van der Waals surface area contributed by atoms with Crippen LogP contribution in [0, 0.1) is 0 Å². The molecule has 0 fully saturated rings. The van der Waals surface area contributed by atoms with Crippen molar-refractivity contribution in [2.45, 2.75) is 20.1 Å². The quantitative estimate of drug-likeness (QED) is 0.657. The first-order chi connectivity index (χ1) is 9.83. The van der Waals surface area contributed by atoms with Gasteiger partial charge in [0, 0.05) is 30.2 Å². The molecule has 2 heterocycles. The van der Waals surface area contributed by atoms with Crippen LogP contribution in [-0.2, 0) is 9.47 Å². The van der Waals surface area contributed by atoms with Gasteiger partial charge in [0.15, 0.2) is 5.76 Å². The van der Waals surface area contributed by atoms with E-state index in [1.54, 1.807) is 0 Å². The minimum absolute atomic E-state index is 0.462. The van der Waals surface area contributed by atoms with E-state index in [2.05, 4.69) is 4.98 Å². The number of fused-ring (bicyclic) bond motifs is 3. The SMILES string of the molecule is CCOC(OCC)c1cc2cnc3ccccc3c2o1. The first-order valence-electron chi connectivity index (χ1n) is 6.84. The maximum absolute atomic E-state index is 5.96. The van der Waals surface area contributed by atoms with Gasteiger partial charge in [0.2, 0.25) is 6.29 Å². The fourth-order valence-corrected chi connectivity index (χ4v) is 2.28. The minimum atomic E-state index is -0.462. The predicted octanol–water partition coefficient (Wildman–Crippen LogP) is 4.05. The summed E-state index contributed by atoms with van der Waals surface area (Å²) in [5.41, 5.74) is 1.75. The fraction of sp³-hybridized carbons (Fsp3) is 0.312. The lowest BCUT2D eigenvalue weighted by Crippen LogP contribution is -2.07. The molecule has 0 N–H and O–H groups in total. The van der Waals surface area contributed by atoms with Crippen LogP contribution < -0.4 is 0 Å². The van der Waals surface area contributed by atoms with Crippen molar-refractivity contribution in [2.24, 2.45) is 0 Å². The lowest BCUT2D eigenvalue weighted by atomic mass is 10.2. The zero-order valence-electron chi connectivity index (χ0n) is 11.6. The Balaban J connectivity index is 2.11. The molecule has 0 aliphatic rings. The largest absolute Gasteiger partial charge is 0.455 e. The van der Waals surface area contributed by atoms with Crippen LogP contribution in [0.5, 0.6) is 0 Å². The van der Waals surface area contributed by atoms with Crippen LogP contribution in [-0.4, -0.2) is 18.2 Å². The third-order valence-corrected chi connectivity index (χ3v) is 3.14. The Morgan fingerprint density at radius 2 is 1.90 bits per heavy atom. The van der Waals surface area contributed by atoms with Crippen molar-refractivity contribution in [3.05, 3.63) is 42.3 Å². The fourth-order valence-electron chi connectivity index (χ4n) is 2.28. The van der Waals surface area contributed by atoms with Crippen LogP contribution in [0.3, 0.4) is 0 Å². The molecule has 0 aliphatic heterocycles. The second kappa shape index (κ2) is 5.61. The second-order valence-corrected chi connectivity index (χ2v) is 4.45. The number of pyridine rings is 1. The molecule has 0 saturated heterocycles. The van der Waals surface area contributed by atoms with Gasteiger partial charge in [-0.2, -0.15) is 0 Å². The van der Waals surface area contributed by atoms with Gasteiger partial charge in [0.1, 0.15) is 5.58 Å². The number of para-hydroxylation sites is 1. The molecule has 0 bridgehead atoms. The third-order valence-electron chi connectivity index (χ3n) is 3.14. The minimum Gasteiger partial charge on any atom is -0.455 e. The standard InChI is InChI=1S/C16H17NO3/c1-3-18-16(19-4-2)14-9-11-10-17-13-8-6-5-7-12(13)15(11)20-14/h5-10,16H,3-4H2,1-2H3. The number of ether oxygens (including phenoxy) is 2. The van der Waals surface area contributed by atoms with Gasteiger partial charge in [-0.05, 0) is 32.0 Å². The molecule has 0 atom stereocenters. The van der Waals surface area contributed by atoms with Gasteiger partial charge in [0.05, 0.1) is 5.52 Å². The van der Waals surface area contributed by atoms with Crippen LogP contribution in [0.15, 0.2) is 40.9 Å². The molecular formula is C16H17NO3. The molecule has 104 valence electrons. The molecule has 0 amide bonds. The number of hydrogen-bond acceptors (Lipinski definition) is 4. The van der Waals surface area contributed by atoms with E-state index in [0.29, 0.717) is 19.0 Å². The molecule has 3 rings (SSSR count). The predicted molar refractivity (Wildman–Crippen MR) is 77.5 cm³/mol. The zero-order valence-corrected chi connectivity index (χ0v) is 11.6. The lowest BCUT2D eigenvalue weighted by molar-refractivity contribution is -0.150. The Hall–Kier alpha value is -1.91. The third kappa shape index (κ3) is 2.28. The second-order valence-electron chi connectivity index (χ2n) is 4.45. The Bertz CT molecular complexity index is 714. The van der Waals surface area contributed by atoms with Crippen LogP contribution in [0.25, 0.3) is 21.9 Å². The summed E-state index contributed by atoms with van der Waals surface area (Å²) in [6.07, 6.45) is 1.36. The Morgan fingerprint density at radius 1 is 1.15 bits per heavy atom. The molecule has 20 heavy (non-hydrogen) atoms. The van der Waals surface area contributed by atoms with Crippen molar-refractivity contribution in [3.8, 4) is 0 Å². The van der Waals surface area contributed by atoms with Gasteiger partial charge in [-0.15, -0.1) is 0 Å². The summed E-state index contributed by atoms with van der Waals surface area (Å²) in [6.45, 7) is 5.01. The van der Waals surface area contributed by atoms with Crippen molar-refractivity contribution in [3.63, 3.8) is 0 Å². The van der Waals surface area contributed by atoms with Crippen molar-refractivity contribution < 1.29 is 13.9 Å². The molecule has 4 heteroatoms. The Kier molecular flexibility index (Phi) is 3.67. The normalized spacial score (nSPS) is 11.8. The number of benzene rings is 1. The number of hydrogen-bond donors (Lipinski definition) is 0. The van der Waals surface area contributed by atoms with E-state index in [-0.39, 0.29) is 0 Å². The highest BCUT2D eigenvalue weighted by molar-refractivity contribution is 6.01. The average Bonchev–Trinajstić information content (AvgIpc) is 2.91. The molecule has 0 aliphatic carbocycles. The van der Waals surface area contributed by atoms with E-state index < -0.39 is 6.29 Å². The van der Waals surface area contributed by atoms with Crippen molar-refractivity contribution in [1.29, 1.82) is 0 Å². The lowest BCUT2D eigenvalue weighted by Gasteiger charge is -2.13. The average molecular weight is 271 g/mol. The van der Waals surface area contributed by atoms with Crippen molar-refractivity contribution >= 4 is 21.9 Å².